The molecule has 0 heterocycles. The van der Waals surface area contributed by atoms with Gasteiger partial charge >= 0.3 is 12.1 Å². The van der Waals surface area contributed by atoms with Gasteiger partial charge in [-0.15, -0.1) is 0 Å². The van der Waals surface area contributed by atoms with Gasteiger partial charge in [-0.25, -0.2) is 4.79 Å². The highest BCUT2D eigenvalue weighted by Crippen LogP contribution is 2.29. The van der Waals surface area contributed by atoms with Gasteiger partial charge in [-0.05, 0) is 29.7 Å². The number of alkyl halides is 3. The normalized spacial score (nSPS) is 14.2. The third-order valence-electron chi connectivity index (χ3n) is 3.63. The second-order valence-electron chi connectivity index (χ2n) is 5.35. The molecule has 1 N–H and O–H groups in total. The fourth-order valence-electron chi connectivity index (χ4n) is 1.95. The van der Waals surface area contributed by atoms with Crippen LogP contribution in [0.3, 0.4) is 0 Å². The fraction of sp³-hybridized carbons (Fsp3) is 0.412. The summed E-state index contributed by atoms with van der Waals surface area (Å²) in [4.78, 5) is 23.6. The summed E-state index contributed by atoms with van der Waals surface area (Å²) in [5.74, 6) is -1.17. The molecule has 0 saturated heterocycles. The van der Waals surface area contributed by atoms with Crippen LogP contribution in [0.4, 0.5) is 13.2 Å². The minimum atomic E-state index is -4.40. The lowest BCUT2D eigenvalue weighted by Gasteiger charge is -2.20. The number of methoxy groups -OCH3 is 1. The molecule has 1 rings (SSSR count). The summed E-state index contributed by atoms with van der Waals surface area (Å²) in [7, 11) is 1.24. The molecule has 0 saturated carbocycles. The Morgan fingerprint density at radius 3 is 2.29 bits per heavy atom. The van der Waals surface area contributed by atoms with Crippen LogP contribution in [0.2, 0.25) is 0 Å². The van der Waals surface area contributed by atoms with Crippen LogP contribution in [0.25, 0.3) is 6.08 Å². The predicted octanol–water partition coefficient (Wildman–Crippen LogP) is 3.42. The average molecular weight is 343 g/mol. The molecule has 2 atom stereocenters. The van der Waals surface area contributed by atoms with Crippen LogP contribution in [0, 0.1) is 5.92 Å². The molecule has 1 amide bonds. The van der Waals surface area contributed by atoms with Gasteiger partial charge < -0.3 is 10.1 Å². The van der Waals surface area contributed by atoms with E-state index < -0.39 is 29.7 Å². The molecular weight excluding hydrogens is 323 g/mol. The van der Waals surface area contributed by atoms with E-state index in [-0.39, 0.29) is 5.92 Å². The van der Waals surface area contributed by atoms with Crippen molar-refractivity contribution in [1.82, 2.24) is 5.32 Å². The van der Waals surface area contributed by atoms with Gasteiger partial charge in [0.15, 0.2) is 0 Å². The number of amides is 1. The third kappa shape index (κ3) is 5.72. The molecule has 1 aromatic carbocycles. The summed E-state index contributed by atoms with van der Waals surface area (Å²) in [6.07, 6.45) is -1.19. The van der Waals surface area contributed by atoms with Crippen molar-refractivity contribution >= 4 is 18.0 Å². The summed E-state index contributed by atoms with van der Waals surface area (Å²) in [5.41, 5.74) is -0.317. The van der Waals surface area contributed by atoms with Crippen LogP contribution in [0.5, 0.6) is 0 Å². The lowest BCUT2D eigenvalue weighted by Crippen LogP contribution is -2.45. The molecule has 0 aliphatic carbocycles. The summed E-state index contributed by atoms with van der Waals surface area (Å²) < 4.78 is 42.1. The number of carbonyl (C=O) groups excluding carboxylic acids is 2. The Morgan fingerprint density at radius 1 is 1.25 bits per heavy atom. The largest absolute Gasteiger partial charge is 0.467 e. The Hall–Kier alpha value is -2.31. The average Bonchev–Trinajstić information content (AvgIpc) is 2.56. The maximum atomic E-state index is 12.5. The van der Waals surface area contributed by atoms with Gasteiger partial charge in [-0.2, -0.15) is 13.2 Å². The summed E-state index contributed by atoms with van der Waals surface area (Å²) >= 11 is 0. The van der Waals surface area contributed by atoms with Gasteiger partial charge in [-0.3, -0.25) is 4.79 Å². The van der Waals surface area contributed by atoms with Crippen molar-refractivity contribution in [2.24, 2.45) is 5.92 Å². The van der Waals surface area contributed by atoms with Crippen LogP contribution in [0.15, 0.2) is 30.3 Å². The molecule has 24 heavy (non-hydrogen) atoms. The number of esters is 1. The smallest absolute Gasteiger partial charge is 0.416 e. The van der Waals surface area contributed by atoms with Crippen molar-refractivity contribution in [3.63, 3.8) is 0 Å². The van der Waals surface area contributed by atoms with E-state index in [1.807, 2.05) is 6.92 Å². The topological polar surface area (TPSA) is 55.4 Å². The van der Waals surface area contributed by atoms with Gasteiger partial charge in [0.05, 0.1) is 12.7 Å². The number of nitrogens with one attached hydrogen (secondary N) is 1. The van der Waals surface area contributed by atoms with E-state index in [9.17, 15) is 22.8 Å². The zero-order chi connectivity index (χ0) is 18.3. The minimum Gasteiger partial charge on any atom is -0.467 e. The van der Waals surface area contributed by atoms with Crippen molar-refractivity contribution in [2.75, 3.05) is 7.11 Å². The minimum absolute atomic E-state index is 0.110. The first-order chi connectivity index (χ1) is 11.2. The van der Waals surface area contributed by atoms with Crippen LogP contribution in [0.1, 0.15) is 31.4 Å². The Balaban J connectivity index is 2.75. The van der Waals surface area contributed by atoms with Gasteiger partial charge in [0.1, 0.15) is 6.04 Å². The van der Waals surface area contributed by atoms with E-state index in [1.165, 1.54) is 31.4 Å². The zero-order valence-electron chi connectivity index (χ0n) is 13.7. The second kappa shape index (κ2) is 8.52. The monoisotopic (exact) mass is 343 g/mol. The number of halogens is 3. The van der Waals surface area contributed by atoms with Crippen LogP contribution in [-0.2, 0) is 20.5 Å². The molecule has 0 fully saturated rings. The highest BCUT2D eigenvalue weighted by molar-refractivity contribution is 5.94. The molecule has 0 bridgehead atoms. The zero-order valence-corrected chi connectivity index (χ0v) is 13.7. The number of ether oxygens (including phenoxy) is 1. The summed E-state index contributed by atoms with van der Waals surface area (Å²) in [5, 5.41) is 2.54. The van der Waals surface area contributed by atoms with Crippen molar-refractivity contribution < 1.29 is 27.5 Å². The quantitative estimate of drug-likeness (QED) is 0.636. The van der Waals surface area contributed by atoms with Crippen molar-refractivity contribution in [1.29, 1.82) is 0 Å². The van der Waals surface area contributed by atoms with Crippen LogP contribution in [-0.4, -0.2) is 25.0 Å². The molecule has 4 nitrogen and oxygen atoms in total. The molecular formula is C17H20F3NO3. The number of hydrogen-bond acceptors (Lipinski definition) is 3. The van der Waals surface area contributed by atoms with E-state index >= 15 is 0 Å². The highest BCUT2D eigenvalue weighted by Gasteiger charge is 2.30. The van der Waals surface area contributed by atoms with Gasteiger partial charge in [-0.1, -0.05) is 32.4 Å². The van der Waals surface area contributed by atoms with Crippen molar-refractivity contribution in [2.45, 2.75) is 32.5 Å². The Bertz CT molecular complexity index is 594. The SMILES string of the molecule is CC[C@H](C)[C@H](NC(=O)/C=C/c1ccc(C(F)(F)F)cc1)C(=O)OC. The molecule has 0 unspecified atom stereocenters. The van der Waals surface area contributed by atoms with Gasteiger partial charge in [0, 0.05) is 6.08 Å². The van der Waals surface area contributed by atoms with E-state index in [1.54, 1.807) is 6.92 Å². The van der Waals surface area contributed by atoms with Crippen molar-refractivity contribution in [3.8, 4) is 0 Å². The molecule has 0 radical (unpaired) electrons. The van der Waals surface area contributed by atoms with Crippen LogP contribution >= 0.6 is 0 Å². The molecule has 0 spiro atoms. The van der Waals surface area contributed by atoms with Crippen LogP contribution < -0.4 is 5.32 Å². The molecule has 0 aliphatic heterocycles. The van der Waals surface area contributed by atoms with E-state index in [4.69, 9.17) is 0 Å². The first-order valence-corrected chi connectivity index (χ1v) is 7.42. The second-order valence-corrected chi connectivity index (χ2v) is 5.35. The fourth-order valence-corrected chi connectivity index (χ4v) is 1.95. The number of rotatable bonds is 6. The number of carbonyl (C=O) groups is 2. The van der Waals surface area contributed by atoms with E-state index in [0.29, 0.717) is 12.0 Å². The maximum Gasteiger partial charge on any atom is 0.416 e. The standard InChI is InChI=1S/C17H20F3NO3/c1-4-11(2)15(16(23)24-3)21-14(22)10-7-12-5-8-13(9-6-12)17(18,19)20/h5-11,15H,4H2,1-3H3,(H,21,22)/b10-7+/t11-,15-/m0/s1. The molecule has 1 aromatic rings. The van der Waals surface area contributed by atoms with E-state index in [0.717, 1.165) is 12.1 Å². The Labute approximate surface area is 138 Å². The number of benzene rings is 1. The predicted molar refractivity (Wildman–Crippen MR) is 83.9 cm³/mol. The third-order valence-corrected chi connectivity index (χ3v) is 3.63. The lowest BCUT2D eigenvalue weighted by atomic mass is 9.99. The molecule has 0 aromatic heterocycles. The van der Waals surface area contributed by atoms with Crippen molar-refractivity contribution in [3.05, 3.63) is 41.5 Å². The molecule has 0 aliphatic rings. The first-order valence-electron chi connectivity index (χ1n) is 7.42. The highest BCUT2D eigenvalue weighted by atomic mass is 19.4. The summed E-state index contributed by atoms with van der Waals surface area (Å²) in [6.45, 7) is 3.69. The first kappa shape index (κ1) is 19.7. The molecule has 132 valence electrons. The van der Waals surface area contributed by atoms with Gasteiger partial charge in [0.2, 0.25) is 5.91 Å². The number of hydrogen-bond donors (Lipinski definition) is 1. The maximum absolute atomic E-state index is 12.5. The summed E-state index contributed by atoms with van der Waals surface area (Å²) in [6, 6.07) is 3.63. The van der Waals surface area contributed by atoms with Gasteiger partial charge in [0.25, 0.3) is 0 Å². The van der Waals surface area contributed by atoms with E-state index in [2.05, 4.69) is 10.1 Å². The lowest BCUT2D eigenvalue weighted by molar-refractivity contribution is -0.146. The Morgan fingerprint density at radius 2 is 1.83 bits per heavy atom. The molecule has 7 heteroatoms. The Kier molecular flexibility index (Phi) is 7.00.